The molecule has 2 unspecified atom stereocenters. The van der Waals surface area contributed by atoms with Gasteiger partial charge in [0, 0.05) is 12.4 Å². The van der Waals surface area contributed by atoms with Crippen LogP contribution in [-0.4, -0.2) is 18.5 Å². The van der Waals surface area contributed by atoms with Gasteiger partial charge in [-0.2, -0.15) is 5.10 Å². The van der Waals surface area contributed by atoms with Gasteiger partial charge in [-0.25, -0.2) is 0 Å². The molecule has 1 aliphatic heterocycles. The Balaban J connectivity index is 2.58. The highest BCUT2D eigenvalue weighted by molar-refractivity contribution is 5.84. The quantitative estimate of drug-likeness (QED) is 0.405. The molecule has 0 spiro atoms. The minimum atomic E-state index is 0.0995. The molecule has 0 radical (unpaired) electrons. The van der Waals surface area contributed by atoms with Crippen molar-refractivity contribution in [2.45, 2.75) is 6.04 Å². The summed E-state index contributed by atoms with van der Waals surface area (Å²) in [6, 6.07) is 0.127. The summed E-state index contributed by atoms with van der Waals surface area (Å²) >= 11 is 0. The number of nitrogens with zero attached hydrogens (tertiary/aromatic N) is 1. The Labute approximate surface area is 54.0 Å². The molecule has 1 aliphatic rings. The van der Waals surface area contributed by atoms with Crippen LogP contribution in [0.15, 0.2) is 17.8 Å². The molecule has 3 nitrogen and oxygen atoms in total. The van der Waals surface area contributed by atoms with Crippen molar-refractivity contribution in [3.05, 3.63) is 12.7 Å². The topological polar surface area (TPSA) is 48.2 Å². The second-order valence-electron chi connectivity index (χ2n) is 1.91. The van der Waals surface area contributed by atoms with Gasteiger partial charge in [0.1, 0.15) is 0 Å². The second kappa shape index (κ2) is 2.44. The van der Waals surface area contributed by atoms with E-state index in [1.165, 1.54) is 6.21 Å². The SMILES string of the molecule is C=CC1NN=CC1C=N. The summed E-state index contributed by atoms with van der Waals surface area (Å²) in [5, 5.41) is 10.7. The van der Waals surface area contributed by atoms with E-state index in [0.29, 0.717) is 0 Å². The first kappa shape index (κ1) is 6.01. The molecule has 0 amide bonds. The van der Waals surface area contributed by atoms with Crippen molar-refractivity contribution >= 4 is 12.4 Å². The van der Waals surface area contributed by atoms with Crippen LogP contribution in [-0.2, 0) is 0 Å². The van der Waals surface area contributed by atoms with Crippen molar-refractivity contribution in [3.63, 3.8) is 0 Å². The lowest BCUT2D eigenvalue weighted by Gasteiger charge is -2.06. The van der Waals surface area contributed by atoms with E-state index in [1.54, 1.807) is 12.3 Å². The highest BCUT2D eigenvalue weighted by Crippen LogP contribution is 2.03. The second-order valence-corrected chi connectivity index (χ2v) is 1.91. The average molecular weight is 123 g/mol. The largest absolute Gasteiger partial charge is 0.312 e. The van der Waals surface area contributed by atoms with Gasteiger partial charge < -0.3 is 10.8 Å². The Morgan fingerprint density at radius 2 is 2.56 bits per heavy atom. The van der Waals surface area contributed by atoms with Gasteiger partial charge in [-0.3, -0.25) is 0 Å². The van der Waals surface area contributed by atoms with Gasteiger partial charge in [0.2, 0.25) is 0 Å². The Morgan fingerprint density at radius 3 is 3.00 bits per heavy atom. The first-order valence-electron chi connectivity index (χ1n) is 2.80. The Kier molecular flexibility index (Phi) is 1.63. The van der Waals surface area contributed by atoms with Crippen molar-refractivity contribution < 1.29 is 0 Å². The fourth-order valence-corrected chi connectivity index (χ4v) is 0.750. The van der Waals surface area contributed by atoms with Gasteiger partial charge in [0.15, 0.2) is 0 Å². The first-order valence-corrected chi connectivity index (χ1v) is 2.80. The number of hydrogen-bond donors (Lipinski definition) is 2. The summed E-state index contributed by atoms with van der Waals surface area (Å²) in [4.78, 5) is 0. The fourth-order valence-electron chi connectivity index (χ4n) is 0.750. The minimum absolute atomic E-state index is 0.0995. The molecule has 0 saturated carbocycles. The summed E-state index contributed by atoms with van der Waals surface area (Å²) in [5.74, 6) is 0.0995. The van der Waals surface area contributed by atoms with Crippen LogP contribution < -0.4 is 5.43 Å². The highest BCUT2D eigenvalue weighted by Gasteiger charge is 2.17. The molecule has 1 heterocycles. The molecule has 0 aromatic carbocycles. The van der Waals surface area contributed by atoms with Gasteiger partial charge in [-0.1, -0.05) is 6.08 Å². The maximum atomic E-state index is 6.93. The predicted octanol–water partition coefficient (Wildman–Crippen LogP) is 0.396. The number of rotatable bonds is 2. The lowest BCUT2D eigenvalue weighted by molar-refractivity contribution is 0.649. The monoisotopic (exact) mass is 123 g/mol. The van der Waals surface area contributed by atoms with Gasteiger partial charge in [-0.15, -0.1) is 6.58 Å². The van der Waals surface area contributed by atoms with Crippen molar-refractivity contribution in [1.29, 1.82) is 5.41 Å². The number of hydrazone groups is 1. The van der Waals surface area contributed by atoms with Crippen molar-refractivity contribution in [2.24, 2.45) is 11.0 Å². The molecule has 0 saturated heterocycles. The van der Waals surface area contributed by atoms with E-state index in [-0.39, 0.29) is 12.0 Å². The minimum Gasteiger partial charge on any atom is -0.312 e. The zero-order valence-electron chi connectivity index (χ0n) is 5.04. The van der Waals surface area contributed by atoms with E-state index >= 15 is 0 Å². The lowest BCUT2D eigenvalue weighted by Crippen LogP contribution is -2.25. The third-order valence-electron chi connectivity index (χ3n) is 1.33. The van der Waals surface area contributed by atoms with Crippen LogP contribution in [0.5, 0.6) is 0 Å². The third kappa shape index (κ3) is 0.988. The normalized spacial score (nSPS) is 31.6. The van der Waals surface area contributed by atoms with Gasteiger partial charge in [-0.05, 0) is 0 Å². The predicted molar refractivity (Wildman–Crippen MR) is 37.9 cm³/mol. The molecule has 0 fully saturated rings. The molecule has 0 aromatic heterocycles. The molecule has 1 rings (SSSR count). The maximum absolute atomic E-state index is 6.93. The molecule has 2 N–H and O–H groups in total. The third-order valence-corrected chi connectivity index (χ3v) is 1.33. The van der Waals surface area contributed by atoms with Crippen LogP contribution in [0.3, 0.4) is 0 Å². The molecular weight excluding hydrogens is 114 g/mol. The van der Waals surface area contributed by atoms with E-state index < -0.39 is 0 Å². The summed E-state index contributed by atoms with van der Waals surface area (Å²) in [6.45, 7) is 3.60. The summed E-state index contributed by atoms with van der Waals surface area (Å²) in [5.41, 5.74) is 2.81. The smallest absolute Gasteiger partial charge is 0.0745 e. The molecule has 48 valence electrons. The maximum Gasteiger partial charge on any atom is 0.0745 e. The molecule has 0 aromatic rings. The van der Waals surface area contributed by atoms with Crippen molar-refractivity contribution in [1.82, 2.24) is 5.43 Å². The van der Waals surface area contributed by atoms with Crippen LogP contribution >= 0.6 is 0 Å². The molecule has 0 bridgehead atoms. The van der Waals surface area contributed by atoms with E-state index in [9.17, 15) is 0 Å². The lowest BCUT2D eigenvalue weighted by atomic mass is 10.1. The zero-order chi connectivity index (χ0) is 6.69. The van der Waals surface area contributed by atoms with Crippen LogP contribution in [0.25, 0.3) is 0 Å². The van der Waals surface area contributed by atoms with Crippen LogP contribution in [0, 0.1) is 11.3 Å². The molecule has 0 aliphatic carbocycles. The van der Waals surface area contributed by atoms with Gasteiger partial charge in [0.05, 0.1) is 12.0 Å². The summed E-state index contributed by atoms with van der Waals surface area (Å²) in [7, 11) is 0. The van der Waals surface area contributed by atoms with E-state index in [0.717, 1.165) is 0 Å². The Bertz CT molecular complexity index is 150. The van der Waals surface area contributed by atoms with Crippen molar-refractivity contribution in [3.8, 4) is 0 Å². The van der Waals surface area contributed by atoms with Crippen LogP contribution in [0.4, 0.5) is 0 Å². The molecule has 9 heavy (non-hydrogen) atoms. The average Bonchev–Trinajstić information content (AvgIpc) is 2.33. The van der Waals surface area contributed by atoms with Crippen LogP contribution in [0.1, 0.15) is 0 Å². The van der Waals surface area contributed by atoms with Crippen molar-refractivity contribution in [2.75, 3.05) is 0 Å². The number of hydrogen-bond acceptors (Lipinski definition) is 3. The van der Waals surface area contributed by atoms with E-state index in [1.807, 2.05) is 0 Å². The Morgan fingerprint density at radius 1 is 1.78 bits per heavy atom. The molecular formula is C6H9N3. The number of nitrogens with one attached hydrogen (secondary N) is 2. The Hall–Kier alpha value is -1.12. The summed E-state index contributed by atoms with van der Waals surface area (Å²) in [6.07, 6.45) is 4.82. The highest BCUT2D eigenvalue weighted by atomic mass is 15.3. The molecule has 2 atom stereocenters. The van der Waals surface area contributed by atoms with E-state index in [4.69, 9.17) is 5.41 Å². The van der Waals surface area contributed by atoms with E-state index in [2.05, 4.69) is 17.1 Å². The van der Waals surface area contributed by atoms with Crippen LogP contribution in [0.2, 0.25) is 0 Å². The summed E-state index contributed by atoms with van der Waals surface area (Å²) < 4.78 is 0. The molecule has 3 heteroatoms. The van der Waals surface area contributed by atoms with Gasteiger partial charge >= 0.3 is 0 Å². The standard InChI is InChI=1S/C6H9N3/c1-2-6-5(3-7)4-8-9-6/h2-7,9H,1H2. The zero-order valence-corrected chi connectivity index (χ0v) is 5.04. The van der Waals surface area contributed by atoms with Gasteiger partial charge in [0.25, 0.3) is 0 Å². The fraction of sp³-hybridized carbons (Fsp3) is 0.333. The first-order chi connectivity index (χ1) is 4.38.